The van der Waals surface area contributed by atoms with Gasteiger partial charge in [0.1, 0.15) is 11.1 Å². The Hall–Kier alpha value is -2.32. The second kappa shape index (κ2) is 8.14. The highest BCUT2D eigenvalue weighted by atomic mass is 32.2. The van der Waals surface area contributed by atoms with Gasteiger partial charge in [0.25, 0.3) is 0 Å². The zero-order chi connectivity index (χ0) is 18.6. The van der Waals surface area contributed by atoms with Crippen LogP contribution >= 0.6 is 11.8 Å². The van der Waals surface area contributed by atoms with Gasteiger partial charge < -0.3 is 4.90 Å². The molecule has 27 heavy (non-hydrogen) atoms. The number of pyridine rings is 1. The molecule has 1 amide bonds. The molecule has 0 atom stereocenters. The van der Waals surface area contributed by atoms with E-state index in [0.29, 0.717) is 16.3 Å². The van der Waals surface area contributed by atoms with Crippen molar-refractivity contribution in [1.29, 1.82) is 5.26 Å². The molecule has 0 fully saturated rings. The van der Waals surface area contributed by atoms with E-state index in [2.05, 4.69) is 12.1 Å². The van der Waals surface area contributed by atoms with Crippen molar-refractivity contribution in [3.8, 4) is 6.07 Å². The minimum Gasteiger partial charge on any atom is -0.311 e. The van der Waals surface area contributed by atoms with Gasteiger partial charge in [-0.1, -0.05) is 36.4 Å². The predicted molar refractivity (Wildman–Crippen MR) is 108 cm³/mol. The van der Waals surface area contributed by atoms with Crippen molar-refractivity contribution < 1.29 is 4.79 Å². The molecule has 0 N–H and O–H groups in total. The van der Waals surface area contributed by atoms with Gasteiger partial charge in [0.05, 0.1) is 11.3 Å². The molecule has 2 heterocycles. The fourth-order valence-electron chi connectivity index (χ4n) is 3.98. The van der Waals surface area contributed by atoms with Crippen LogP contribution in [-0.4, -0.2) is 23.2 Å². The summed E-state index contributed by atoms with van der Waals surface area (Å²) in [5, 5.41) is 10.2. The monoisotopic (exact) mass is 377 g/mol. The number of hydrogen-bond acceptors (Lipinski definition) is 4. The van der Waals surface area contributed by atoms with Crippen molar-refractivity contribution in [2.75, 3.05) is 17.2 Å². The maximum atomic E-state index is 12.9. The first kappa shape index (κ1) is 18.1. The second-order valence-corrected chi connectivity index (χ2v) is 8.15. The number of benzene rings is 1. The lowest BCUT2D eigenvalue weighted by atomic mass is 10.0. The number of carbonyl (C=O) groups is 1. The summed E-state index contributed by atoms with van der Waals surface area (Å²) in [7, 11) is 0. The number of nitriles is 1. The van der Waals surface area contributed by atoms with E-state index in [1.54, 1.807) is 0 Å². The Bertz CT molecular complexity index is 903. The van der Waals surface area contributed by atoms with Crippen molar-refractivity contribution >= 4 is 23.4 Å². The standard InChI is InChI=1S/C22H23N3OS/c23-14-18-13-17-8-2-1-3-10-19(17)24-22(18)27-15-21(26)25-12-6-9-16-7-4-5-11-20(16)25/h4-5,7,11,13H,1-3,6,8-10,12,15H2. The Morgan fingerprint density at radius 1 is 1.11 bits per heavy atom. The van der Waals surface area contributed by atoms with Gasteiger partial charge in [0.2, 0.25) is 5.91 Å². The number of carbonyl (C=O) groups excluding carboxylic acids is 1. The fourth-order valence-corrected chi connectivity index (χ4v) is 4.83. The summed E-state index contributed by atoms with van der Waals surface area (Å²) in [5.41, 5.74) is 5.20. The van der Waals surface area contributed by atoms with Crippen molar-refractivity contribution in [2.45, 2.75) is 50.0 Å². The second-order valence-electron chi connectivity index (χ2n) is 7.19. The molecule has 138 valence electrons. The Balaban J connectivity index is 1.51. The van der Waals surface area contributed by atoms with E-state index >= 15 is 0 Å². The summed E-state index contributed by atoms with van der Waals surface area (Å²) in [5.74, 6) is 0.405. The quantitative estimate of drug-likeness (QED) is 0.591. The van der Waals surface area contributed by atoms with Crippen LogP contribution in [0.25, 0.3) is 0 Å². The predicted octanol–water partition coefficient (Wildman–Crippen LogP) is 4.29. The first-order valence-corrected chi connectivity index (χ1v) is 10.7. The van der Waals surface area contributed by atoms with Crippen molar-refractivity contribution in [3.63, 3.8) is 0 Å². The summed E-state index contributed by atoms with van der Waals surface area (Å²) >= 11 is 1.40. The van der Waals surface area contributed by atoms with E-state index in [1.807, 2.05) is 29.2 Å². The van der Waals surface area contributed by atoms with Crippen molar-refractivity contribution in [3.05, 3.63) is 52.7 Å². The van der Waals surface area contributed by atoms with Gasteiger partial charge >= 0.3 is 0 Å². The first-order chi connectivity index (χ1) is 13.3. The van der Waals surface area contributed by atoms with Crippen LogP contribution in [0.3, 0.4) is 0 Å². The third kappa shape index (κ3) is 3.86. The van der Waals surface area contributed by atoms with Gasteiger partial charge in [-0.15, -0.1) is 0 Å². The maximum absolute atomic E-state index is 12.9. The van der Waals surface area contributed by atoms with E-state index in [1.165, 1.54) is 35.7 Å². The Kier molecular flexibility index (Phi) is 5.45. The number of thioether (sulfide) groups is 1. The van der Waals surface area contributed by atoms with Crippen LogP contribution in [0.1, 0.15) is 48.1 Å². The number of fused-ring (bicyclic) bond motifs is 2. The third-order valence-electron chi connectivity index (χ3n) is 5.38. The van der Waals surface area contributed by atoms with Gasteiger partial charge in [-0.2, -0.15) is 5.26 Å². The lowest BCUT2D eigenvalue weighted by molar-refractivity contribution is -0.116. The number of anilines is 1. The van der Waals surface area contributed by atoms with Crippen LogP contribution < -0.4 is 4.90 Å². The molecule has 2 aromatic rings. The highest BCUT2D eigenvalue weighted by Gasteiger charge is 2.23. The fraction of sp³-hybridized carbons (Fsp3) is 0.409. The molecule has 1 aliphatic carbocycles. The first-order valence-electron chi connectivity index (χ1n) is 9.70. The third-order valence-corrected chi connectivity index (χ3v) is 6.36. The Labute approximate surface area is 164 Å². The molecule has 1 aromatic heterocycles. The number of hydrogen-bond donors (Lipinski definition) is 0. The number of aryl methyl sites for hydroxylation is 3. The molecule has 5 heteroatoms. The molecule has 0 radical (unpaired) electrons. The highest BCUT2D eigenvalue weighted by Crippen LogP contribution is 2.30. The molecule has 2 aliphatic rings. The van der Waals surface area contributed by atoms with E-state index < -0.39 is 0 Å². The molecular weight excluding hydrogens is 354 g/mol. The van der Waals surface area contributed by atoms with E-state index in [-0.39, 0.29) is 5.91 Å². The lowest BCUT2D eigenvalue weighted by Crippen LogP contribution is -2.36. The van der Waals surface area contributed by atoms with Gasteiger partial charge in [0.15, 0.2) is 0 Å². The summed E-state index contributed by atoms with van der Waals surface area (Å²) in [6.07, 6.45) is 7.53. The minimum atomic E-state index is 0.0905. The van der Waals surface area contributed by atoms with Crippen LogP contribution in [0.4, 0.5) is 5.69 Å². The van der Waals surface area contributed by atoms with Gasteiger partial charge in [-0.25, -0.2) is 4.98 Å². The van der Waals surface area contributed by atoms with Crippen LogP contribution in [0.5, 0.6) is 0 Å². The molecule has 0 spiro atoms. The number of rotatable bonds is 3. The van der Waals surface area contributed by atoms with Gasteiger partial charge in [-0.3, -0.25) is 4.79 Å². The SMILES string of the molecule is N#Cc1cc2c(nc1SCC(=O)N1CCCc3ccccc31)CCCCC2. The number of nitrogens with zero attached hydrogens (tertiary/aromatic N) is 3. The van der Waals surface area contributed by atoms with Gasteiger partial charge in [-0.05, 0) is 61.8 Å². The molecule has 0 unspecified atom stereocenters. The van der Waals surface area contributed by atoms with Crippen LogP contribution in [-0.2, 0) is 24.1 Å². The highest BCUT2D eigenvalue weighted by molar-refractivity contribution is 8.00. The molecule has 4 nitrogen and oxygen atoms in total. The number of amides is 1. The van der Waals surface area contributed by atoms with E-state index in [0.717, 1.165) is 50.0 Å². The maximum Gasteiger partial charge on any atom is 0.237 e. The van der Waals surface area contributed by atoms with Crippen LogP contribution in [0, 0.1) is 11.3 Å². The van der Waals surface area contributed by atoms with Gasteiger partial charge in [0, 0.05) is 17.9 Å². The average molecular weight is 378 g/mol. The topological polar surface area (TPSA) is 57.0 Å². The number of para-hydroxylation sites is 1. The summed E-state index contributed by atoms with van der Waals surface area (Å²) in [6, 6.07) is 12.4. The molecule has 4 rings (SSSR count). The van der Waals surface area contributed by atoms with Crippen molar-refractivity contribution in [2.24, 2.45) is 0 Å². The summed E-state index contributed by atoms with van der Waals surface area (Å²) in [6.45, 7) is 0.763. The molecule has 1 aromatic carbocycles. The molecule has 1 aliphatic heterocycles. The molecule has 0 saturated heterocycles. The normalized spacial score (nSPS) is 16.0. The minimum absolute atomic E-state index is 0.0905. The summed E-state index contributed by atoms with van der Waals surface area (Å²) in [4.78, 5) is 19.5. The van der Waals surface area contributed by atoms with E-state index in [4.69, 9.17) is 4.98 Å². The largest absolute Gasteiger partial charge is 0.311 e. The summed E-state index contributed by atoms with van der Waals surface area (Å²) < 4.78 is 0. The molecule has 0 bridgehead atoms. The van der Waals surface area contributed by atoms with E-state index in [9.17, 15) is 10.1 Å². The zero-order valence-electron chi connectivity index (χ0n) is 15.4. The lowest BCUT2D eigenvalue weighted by Gasteiger charge is -2.29. The smallest absolute Gasteiger partial charge is 0.237 e. The van der Waals surface area contributed by atoms with Crippen molar-refractivity contribution in [1.82, 2.24) is 4.98 Å². The van der Waals surface area contributed by atoms with Crippen LogP contribution in [0.15, 0.2) is 35.4 Å². The van der Waals surface area contributed by atoms with Crippen LogP contribution in [0.2, 0.25) is 0 Å². The Morgan fingerprint density at radius 2 is 1.93 bits per heavy atom. The number of aromatic nitrogens is 1. The average Bonchev–Trinajstić information content (AvgIpc) is 2.95. The Morgan fingerprint density at radius 3 is 2.81 bits per heavy atom. The molecular formula is C22H23N3OS. The molecule has 0 saturated carbocycles. The zero-order valence-corrected chi connectivity index (χ0v) is 16.2.